The number of oxime groups is 2. The second-order valence-corrected chi connectivity index (χ2v) is 9.97. The molecule has 8 unspecified atom stereocenters. The molecule has 0 heterocycles. The van der Waals surface area contributed by atoms with Crippen molar-refractivity contribution >= 4 is 11.4 Å². The lowest BCUT2D eigenvalue weighted by Gasteiger charge is -2.61. The van der Waals surface area contributed by atoms with Crippen molar-refractivity contribution in [1.82, 2.24) is 0 Å². The van der Waals surface area contributed by atoms with E-state index in [0.717, 1.165) is 12.8 Å². The molecule has 160 valence electrons. The van der Waals surface area contributed by atoms with Gasteiger partial charge < -0.3 is 25.7 Å². The van der Waals surface area contributed by atoms with Crippen molar-refractivity contribution < 1.29 is 25.7 Å². The van der Waals surface area contributed by atoms with E-state index in [1.807, 2.05) is 19.1 Å². The molecule has 0 spiro atoms. The summed E-state index contributed by atoms with van der Waals surface area (Å²) >= 11 is 0. The zero-order chi connectivity index (χ0) is 21.2. The van der Waals surface area contributed by atoms with Crippen molar-refractivity contribution in [2.24, 2.45) is 44.8 Å². The molecule has 5 N–H and O–H groups in total. The van der Waals surface area contributed by atoms with Crippen LogP contribution in [0.1, 0.15) is 46.5 Å². The molecule has 3 fully saturated rings. The fourth-order valence-corrected chi connectivity index (χ4v) is 7.55. The predicted octanol–water partition coefficient (Wildman–Crippen LogP) is 2.33. The van der Waals surface area contributed by atoms with Crippen molar-refractivity contribution in [3.63, 3.8) is 0 Å². The Morgan fingerprint density at radius 2 is 2.00 bits per heavy atom. The quantitative estimate of drug-likeness (QED) is 0.274. The molecule has 3 saturated carbocycles. The molecule has 0 amide bonds. The summed E-state index contributed by atoms with van der Waals surface area (Å²) in [4.78, 5) is 0. The van der Waals surface area contributed by atoms with Crippen LogP contribution in [0, 0.1) is 34.5 Å². The van der Waals surface area contributed by atoms with Crippen LogP contribution in [0.15, 0.2) is 34.1 Å². The fourth-order valence-electron chi connectivity index (χ4n) is 7.55. The molecule has 0 aliphatic heterocycles. The molecule has 4 rings (SSSR count). The lowest BCUT2D eigenvalue weighted by Crippen LogP contribution is -2.62. The van der Waals surface area contributed by atoms with Crippen molar-refractivity contribution in [2.45, 2.75) is 58.2 Å². The topological polar surface area (TPSA) is 126 Å². The molecule has 0 aromatic rings. The number of nitrogens with zero attached hydrogens (tertiary/aromatic N) is 2. The monoisotopic (exact) mass is 404 g/mol. The van der Waals surface area contributed by atoms with E-state index in [4.69, 9.17) is 0 Å². The van der Waals surface area contributed by atoms with Crippen LogP contribution in [0.25, 0.3) is 0 Å². The Morgan fingerprint density at radius 1 is 1.28 bits per heavy atom. The van der Waals surface area contributed by atoms with Gasteiger partial charge in [-0.15, -0.1) is 0 Å². The third kappa shape index (κ3) is 2.53. The first kappa shape index (κ1) is 20.6. The van der Waals surface area contributed by atoms with E-state index in [2.05, 4.69) is 30.2 Å². The summed E-state index contributed by atoms with van der Waals surface area (Å²) in [5.74, 6) is 0.567. The van der Waals surface area contributed by atoms with E-state index < -0.39 is 23.7 Å². The Morgan fingerprint density at radius 3 is 2.62 bits per heavy atom. The van der Waals surface area contributed by atoms with E-state index in [9.17, 15) is 25.7 Å². The predicted molar refractivity (Wildman–Crippen MR) is 108 cm³/mol. The minimum absolute atomic E-state index is 0.00879. The average molecular weight is 405 g/mol. The highest BCUT2D eigenvalue weighted by Gasteiger charge is 2.68. The number of allylic oxidation sites excluding steroid dienone is 4. The number of hydrogen-bond donors (Lipinski definition) is 5. The van der Waals surface area contributed by atoms with Gasteiger partial charge in [0.2, 0.25) is 0 Å². The SMILES string of the molecule is CC1CC2C(C(O)CC3(C)C2CCC3(O)/C(CO)=N/O)C2(C)C=C/C(=N\O)C=C12. The van der Waals surface area contributed by atoms with Crippen LogP contribution in [0.4, 0.5) is 0 Å². The van der Waals surface area contributed by atoms with Gasteiger partial charge in [-0.25, -0.2) is 0 Å². The maximum absolute atomic E-state index is 11.5. The molecule has 8 atom stereocenters. The summed E-state index contributed by atoms with van der Waals surface area (Å²) in [7, 11) is 0. The fraction of sp³-hybridized carbons (Fsp3) is 0.727. The molecule has 0 radical (unpaired) electrons. The van der Waals surface area contributed by atoms with Crippen LogP contribution in [-0.4, -0.2) is 55.5 Å². The highest BCUT2D eigenvalue weighted by atomic mass is 16.4. The van der Waals surface area contributed by atoms with Crippen molar-refractivity contribution in [2.75, 3.05) is 6.61 Å². The van der Waals surface area contributed by atoms with E-state index in [1.54, 1.807) is 0 Å². The number of aliphatic hydroxyl groups is 3. The summed E-state index contributed by atoms with van der Waals surface area (Å²) in [5.41, 5.74) is -0.747. The minimum Gasteiger partial charge on any atom is -0.411 e. The van der Waals surface area contributed by atoms with Gasteiger partial charge in [0, 0.05) is 16.7 Å². The average Bonchev–Trinajstić information content (AvgIpc) is 2.93. The zero-order valence-electron chi connectivity index (χ0n) is 17.3. The molecular weight excluding hydrogens is 372 g/mol. The van der Waals surface area contributed by atoms with Crippen molar-refractivity contribution in [1.29, 1.82) is 0 Å². The molecule has 0 bridgehead atoms. The largest absolute Gasteiger partial charge is 0.411 e. The van der Waals surface area contributed by atoms with Crippen LogP contribution in [-0.2, 0) is 0 Å². The van der Waals surface area contributed by atoms with Gasteiger partial charge in [0.25, 0.3) is 0 Å². The van der Waals surface area contributed by atoms with Crippen molar-refractivity contribution in [3.8, 4) is 0 Å². The Hall–Kier alpha value is -1.70. The normalized spacial score (nSPS) is 50.7. The van der Waals surface area contributed by atoms with Gasteiger partial charge in [-0.2, -0.15) is 0 Å². The lowest BCUT2D eigenvalue weighted by molar-refractivity contribution is -0.148. The van der Waals surface area contributed by atoms with Gasteiger partial charge in [-0.05, 0) is 55.6 Å². The third-order valence-electron chi connectivity index (χ3n) is 8.84. The Balaban J connectivity index is 1.78. The molecule has 7 heteroatoms. The molecule has 0 aromatic heterocycles. The number of rotatable bonds is 2. The molecule has 29 heavy (non-hydrogen) atoms. The van der Waals surface area contributed by atoms with Gasteiger partial charge in [-0.3, -0.25) is 0 Å². The van der Waals surface area contributed by atoms with Gasteiger partial charge in [0.05, 0.1) is 12.7 Å². The van der Waals surface area contributed by atoms with Crippen LogP contribution in [0.3, 0.4) is 0 Å². The van der Waals surface area contributed by atoms with Gasteiger partial charge in [-0.1, -0.05) is 42.7 Å². The first-order valence-electron chi connectivity index (χ1n) is 10.5. The number of hydrogen-bond acceptors (Lipinski definition) is 7. The van der Waals surface area contributed by atoms with Crippen LogP contribution < -0.4 is 0 Å². The highest BCUT2D eigenvalue weighted by molar-refractivity contribution is 6.05. The second-order valence-electron chi connectivity index (χ2n) is 9.97. The standard InChI is InChI=1S/C22H32N2O5/c1-12-8-14-15-5-7-22(27,18(11-25)24-29)21(15,3)10-17(26)19(14)20(2)6-4-13(23-28)9-16(12)20/h4,6,9,12,14-15,17,19,25-29H,5,7-8,10-11H2,1-3H3/b23-13+,24-18+. The maximum Gasteiger partial charge on any atom is 0.114 e. The highest BCUT2D eigenvalue weighted by Crippen LogP contribution is 2.67. The molecule has 0 aromatic carbocycles. The Labute approximate surface area is 171 Å². The summed E-state index contributed by atoms with van der Waals surface area (Å²) in [6.07, 6.45) is 7.58. The van der Waals surface area contributed by atoms with E-state index in [1.165, 1.54) is 5.57 Å². The van der Waals surface area contributed by atoms with Crippen LogP contribution in [0.2, 0.25) is 0 Å². The van der Waals surface area contributed by atoms with E-state index >= 15 is 0 Å². The van der Waals surface area contributed by atoms with Gasteiger partial charge in [0.15, 0.2) is 0 Å². The van der Waals surface area contributed by atoms with E-state index in [-0.39, 0.29) is 34.8 Å². The smallest absolute Gasteiger partial charge is 0.114 e. The Kier molecular flexibility index (Phi) is 4.72. The minimum atomic E-state index is -1.42. The second kappa shape index (κ2) is 6.65. The van der Waals surface area contributed by atoms with Gasteiger partial charge >= 0.3 is 0 Å². The molecule has 7 nitrogen and oxygen atoms in total. The third-order valence-corrected chi connectivity index (χ3v) is 8.84. The van der Waals surface area contributed by atoms with Crippen LogP contribution >= 0.6 is 0 Å². The molecular formula is C22H32N2O5. The zero-order valence-corrected chi connectivity index (χ0v) is 17.3. The number of fused-ring (bicyclic) bond motifs is 5. The van der Waals surface area contributed by atoms with E-state index in [0.29, 0.717) is 18.6 Å². The molecule has 4 aliphatic rings. The summed E-state index contributed by atoms with van der Waals surface area (Å²) in [6, 6.07) is 0. The maximum atomic E-state index is 11.5. The lowest BCUT2D eigenvalue weighted by atomic mass is 9.44. The molecule has 4 aliphatic carbocycles. The Bertz CT molecular complexity index is 820. The first-order valence-corrected chi connectivity index (χ1v) is 10.5. The summed E-state index contributed by atoms with van der Waals surface area (Å²) in [5, 5.41) is 57.7. The summed E-state index contributed by atoms with van der Waals surface area (Å²) in [6.45, 7) is 5.78. The summed E-state index contributed by atoms with van der Waals surface area (Å²) < 4.78 is 0. The molecule has 0 saturated heterocycles. The van der Waals surface area contributed by atoms with Gasteiger partial charge in [0.1, 0.15) is 17.0 Å². The van der Waals surface area contributed by atoms with Crippen LogP contribution in [0.5, 0.6) is 0 Å². The number of aliphatic hydroxyl groups excluding tert-OH is 2. The van der Waals surface area contributed by atoms with Crippen molar-refractivity contribution in [3.05, 3.63) is 23.8 Å². The first-order chi connectivity index (χ1) is 13.7.